The molecule has 0 bridgehead atoms. The number of anilines is 1. The predicted octanol–water partition coefficient (Wildman–Crippen LogP) is 0.712. The monoisotopic (exact) mass is 295 g/mol. The average Bonchev–Trinajstić information content (AvgIpc) is 2.53. The van der Waals surface area contributed by atoms with E-state index < -0.39 is 7.12 Å². The standard InChI is InChI=1S/C16H18BN3O2/c18-16(19)11-5-7-13(8-6-11)20-10-14-9-12-3-1-2-4-15(12)17(21)22-14/h1-8,14,20-21H,9-10H2,(H3,18,19). The van der Waals surface area contributed by atoms with Crippen molar-refractivity contribution in [3.63, 3.8) is 0 Å². The molecule has 0 fully saturated rings. The van der Waals surface area contributed by atoms with Crippen molar-refractivity contribution in [2.75, 3.05) is 11.9 Å². The second-order valence-electron chi connectivity index (χ2n) is 5.39. The van der Waals surface area contributed by atoms with E-state index in [4.69, 9.17) is 15.8 Å². The first-order chi connectivity index (χ1) is 10.6. The quantitative estimate of drug-likeness (QED) is 0.380. The van der Waals surface area contributed by atoms with Crippen LogP contribution in [0.3, 0.4) is 0 Å². The minimum atomic E-state index is -0.864. The van der Waals surface area contributed by atoms with Crippen LogP contribution < -0.4 is 16.5 Å². The lowest BCUT2D eigenvalue weighted by Gasteiger charge is -2.27. The summed E-state index contributed by atoms with van der Waals surface area (Å²) >= 11 is 0. The molecule has 5 nitrogen and oxygen atoms in total. The summed E-state index contributed by atoms with van der Waals surface area (Å²) in [5.41, 5.74) is 9.04. The molecular weight excluding hydrogens is 277 g/mol. The maximum atomic E-state index is 10.0. The van der Waals surface area contributed by atoms with Crippen LogP contribution in [0, 0.1) is 5.41 Å². The molecule has 22 heavy (non-hydrogen) atoms. The highest BCUT2D eigenvalue weighted by Crippen LogP contribution is 2.14. The van der Waals surface area contributed by atoms with Crippen LogP contribution in [0.15, 0.2) is 48.5 Å². The molecule has 0 saturated carbocycles. The lowest BCUT2D eigenvalue weighted by Crippen LogP contribution is -2.47. The number of hydrogen-bond acceptors (Lipinski definition) is 4. The summed E-state index contributed by atoms with van der Waals surface area (Å²) in [7, 11) is -0.864. The van der Waals surface area contributed by atoms with E-state index >= 15 is 0 Å². The van der Waals surface area contributed by atoms with Gasteiger partial charge in [0.15, 0.2) is 0 Å². The van der Waals surface area contributed by atoms with Crippen molar-refractivity contribution in [3.8, 4) is 0 Å². The Morgan fingerprint density at radius 3 is 2.73 bits per heavy atom. The highest BCUT2D eigenvalue weighted by atomic mass is 16.5. The van der Waals surface area contributed by atoms with Gasteiger partial charge in [0.25, 0.3) is 0 Å². The summed E-state index contributed by atoms with van der Waals surface area (Å²) < 4.78 is 5.64. The summed E-state index contributed by atoms with van der Waals surface area (Å²) in [5.74, 6) is 0.0573. The van der Waals surface area contributed by atoms with Gasteiger partial charge in [-0.1, -0.05) is 24.3 Å². The molecule has 0 saturated heterocycles. The third-order valence-corrected chi connectivity index (χ3v) is 3.82. The molecule has 1 heterocycles. The van der Waals surface area contributed by atoms with E-state index in [1.54, 1.807) is 12.1 Å². The van der Waals surface area contributed by atoms with Gasteiger partial charge in [0, 0.05) is 17.8 Å². The summed E-state index contributed by atoms with van der Waals surface area (Å²) in [6.45, 7) is 0.602. The van der Waals surface area contributed by atoms with Crippen LogP contribution in [0.4, 0.5) is 5.69 Å². The molecule has 0 amide bonds. The largest absolute Gasteiger partial charge is 0.491 e. The molecule has 1 aliphatic rings. The first-order valence-electron chi connectivity index (χ1n) is 7.23. The fourth-order valence-corrected chi connectivity index (χ4v) is 2.63. The number of nitrogens with two attached hydrogens (primary N) is 1. The maximum absolute atomic E-state index is 10.0. The lowest BCUT2D eigenvalue weighted by atomic mass is 9.72. The summed E-state index contributed by atoms with van der Waals surface area (Å²) in [6, 6.07) is 15.2. The van der Waals surface area contributed by atoms with Crippen molar-refractivity contribution in [1.29, 1.82) is 5.41 Å². The molecule has 0 spiro atoms. The second-order valence-corrected chi connectivity index (χ2v) is 5.39. The Kier molecular flexibility index (Phi) is 4.13. The molecule has 0 radical (unpaired) electrons. The molecule has 2 aromatic rings. The summed E-state index contributed by atoms with van der Waals surface area (Å²) in [4.78, 5) is 0. The number of fused-ring (bicyclic) bond motifs is 1. The van der Waals surface area contributed by atoms with Gasteiger partial charge in [0.05, 0.1) is 6.10 Å². The van der Waals surface area contributed by atoms with Crippen molar-refractivity contribution in [1.82, 2.24) is 0 Å². The van der Waals surface area contributed by atoms with E-state index in [9.17, 15) is 5.02 Å². The van der Waals surface area contributed by atoms with Gasteiger partial charge in [-0.25, -0.2) is 0 Å². The zero-order valence-corrected chi connectivity index (χ0v) is 12.1. The Labute approximate surface area is 129 Å². The SMILES string of the molecule is N=C(N)c1ccc(NCC2Cc3ccccc3B(O)O2)cc1. The first-order valence-corrected chi connectivity index (χ1v) is 7.23. The van der Waals surface area contributed by atoms with Gasteiger partial charge >= 0.3 is 7.12 Å². The molecule has 1 atom stereocenters. The van der Waals surface area contributed by atoms with Crippen molar-refractivity contribution >= 4 is 24.1 Å². The zero-order chi connectivity index (χ0) is 15.5. The highest BCUT2D eigenvalue weighted by molar-refractivity contribution is 6.60. The van der Waals surface area contributed by atoms with Crippen LogP contribution in [0.5, 0.6) is 0 Å². The van der Waals surface area contributed by atoms with Crippen LogP contribution in [-0.2, 0) is 11.1 Å². The Morgan fingerprint density at radius 2 is 2.00 bits per heavy atom. The van der Waals surface area contributed by atoms with Crippen LogP contribution in [0.2, 0.25) is 0 Å². The molecule has 0 aromatic heterocycles. The normalized spacial score (nSPS) is 17.0. The molecule has 6 heteroatoms. The Hall–Kier alpha value is -2.31. The van der Waals surface area contributed by atoms with E-state index in [0.717, 1.165) is 23.1 Å². The zero-order valence-electron chi connectivity index (χ0n) is 12.1. The van der Waals surface area contributed by atoms with Gasteiger partial charge in [-0.2, -0.15) is 0 Å². The van der Waals surface area contributed by atoms with Crippen LogP contribution in [0.1, 0.15) is 11.1 Å². The highest BCUT2D eigenvalue weighted by Gasteiger charge is 2.30. The lowest BCUT2D eigenvalue weighted by molar-refractivity contribution is 0.177. The van der Waals surface area contributed by atoms with Gasteiger partial charge in [-0.05, 0) is 41.7 Å². The summed E-state index contributed by atoms with van der Waals surface area (Å²) in [5, 5.41) is 20.7. The van der Waals surface area contributed by atoms with E-state index in [2.05, 4.69) is 5.32 Å². The third kappa shape index (κ3) is 3.13. The minimum Gasteiger partial charge on any atom is -0.423 e. The van der Waals surface area contributed by atoms with Gasteiger partial charge in [-0.15, -0.1) is 0 Å². The number of hydrogen-bond donors (Lipinski definition) is 4. The third-order valence-electron chi connectivity index (χ3n) is 3.82. The number of nitrogens with one attached hydrogen (secondary N) is 2. The van der Waals surface area contributed by atoms with Crippen molar-refractivity contribution in [3.05, 3.63) is 59.7 Å². The summed E-state index contributed by atoms with van der Waals surface area (Å²) in [6.07, 6.45) is 0.684. The molecule has 112 valence electrons. The smallest absolute Gasteiger partial charge is 0.423 e. The van der Waals surface area contributed by atoms with Gasteiger partial charge in [0.1, 0.15) is 5.84 Å². The average molecular weight is 295 g/mol. The number of amidine groups is 1. The molecule has 0 aliphatic carbocycles. The van der Waals surface area contributed by atoms with E-state index in [-0.39, 0.29) is 11.9 Å². The van der Waals surface area contributed by atoms with Crippen molar-refractivity contribution in [2.45, 2.75) is 12.5 Å². The molecule has 5 N–H and O–H groups in total. The van der Waals surface area contributed by atoms with Gasteiger partial charge in [0.2, 0.25) is 0 Å². The topological polar surface area (TPSA) is 91.4 Å². The van der Waals surface area contributed by atoms with Crippen molar-refractivity contribution < 1.29 is 9.68 Å². The van der Waals surface area contributed by atoms with Gasteiger partial charge < -0.3 is 20.7 Å². The van der Waals surface area contributed by atoms with Gasteiger partial charge in [-0.3, -0.25) is 5.41 Å². The molecule has 1 aliphatic heterocycles. The number of rotatable bonds is 4. The van der Waals surface area contributed by atoms with E-state index in [1.165, 1.54) is 0 Å². The number of nitrogen functional groups attached to an aromatic ring is 1. The molecule has 3 rings (SSSR count). The predicted molar refractivity (Wildman–Crippen MR) is 88.6 cm³/mol. The molecule has 2 aromatic carbocycles. The fraction of sp³-hybridized carbons (Fsp3) is 0.188. The Bertz CT molecular complexity index is 675. The van der Waals surface area contributed by atoms with Crippen LogP contribution >= 0.6 is 0 Å². The first kappa shape index (κ1) is 14.6. The molecule has 1 unspecified atom stereocenters. The maximum Gasteiger partial charge on any atom is 0.491 e. The Balaban J connectivity index is 1.62. The second kappa shape index (κ2) is 6.21. The van der Waals surface area contributed by atoms with E-state index in [1.807, 2.05) is 36.4 Å². The minimum absolute atomic E-state index is 0.0573. The Morgan fingerprint density at radius 1 is 1.27 bits per heavy atom. The molecular formula is C16H18BN3O2. The fourth-order valence-electron chi connectivity index (χ4n) is 2.63. The van der Waals surface area contributed by atoms with Crippen LogP contribution in [0.25, 0.3) is 0 Å². The number of benzene rings is 2. The van der Waals surface area contributed by atoms with Crippen LogP contribution in [-0.4, -0.2) is 30.6 Å². The van der Waals surface area contributed by atoms with E-state index in [0.29, 0.717) is 12.1 Å². The van der Waals surface area contributed by atoms with Crippen molar-refractivity contribution in [2.24, 2.45) is 5.73 Å².